The third kappa shape index (κ3) is 4.01. The fourth-order valence-corrected chi connectivity index (χ4v) is 2.87. The Morgan fingerprint density at radius 3 is 2.31 bits per heavy atom. The molecular weight excluding hydrogens is 218 g/mol. The van der Waals surface area contributed by atoms with E-state index in [0.29, 0.717) is 5.92 Å². The molecule has 0 aromatic carbocycles. The van der Waals surface area contributed by atoms with Gasteiger partial charge in [0.25, 0.3) is 0 Å². The smallest absolute Gasteiger partial charge is 0.136 e. The van der Waals surface area contributed by atoms with Crippen LogP contribution in [0.25, 0.3) is 0 Å². The summed E-state index contributed by atoms with van der Waals surface area (Å²) < 4.78 is 14.8. The highest BCUT2D eigenvalue weighted by atomic mass is 32.2. The van der Waals surface area contributed by atoms with Gasteiger partial charge in [-0.15, -0.1) is 11.1 Å². The molecule has 0 amide bonds. The fraction of sp³-hybridized carbons (Fsp3) is 0.846. The summed E-state index contributed by atoms with van der Waals surface area (Å²) in [6.45, 7) is 5.89. The van der Waals surface area contributed by atoms with Crippen LogP contribution in [0.2, 0.25) is 0 Å². The van der Waals surface area contributed by atoms with Crippen LogP contribution in [-0.4, -0.2) is 15.3 Å². The Kier molecular flexibility index (Phi) is 5.17. The van der Waals surface area contributed by atoms with Gasteiger partial charge in [0.1, 0.15) is 10.8 Å². The molecule has 1 rings (SSSR count). The Hall–Kier alpha value is -0.170. The second-order valence-corrected chi connectivity index (χ2v) is 7.54. The predicted octanol–water partition coefficient (Wildman–Crippen LogP) is 2.62. The molecule has 1 aliphatic rings. The molecule has 0 aliphatic heterocycles. The zero-order chi connectivity index (χ0) is 12.2. The third-order valence-corrected chi connectivity index (χ3v) is 4.67. The molecule has 0 aromatic rings. The Balaban J connectivity index is 2.51. The molecule has 0 saturated heterocycles. The lowest BCUT2D eigenvalue weighted by Gasteiger charge is -2.31. The molecular formula is C13H23NOS. The summed E-state index contributed by atoms with van der Waals surface area (Å²) in [5.41, 5.74) is 0. The number of rotatable bonds is 3. The summed E-state index contributed by atoms with van der Waals surface area (Å²) in [5, 5.41) is 0. The molecule has 2 nitrogen and oxygen atoms in total. The van der Waals surface area contributed by atoms with Gasteiger partial charge in [0.2, 0.25) is 0 Å². The molecule has 92 valence electrons. The van der Waals surface area contributed by atoms with Crippen molar-refractivity contribution < 1.29 is 4.55 Å². The van der Waals surface area contributed by atoms with Crippen molar-refractivity contribution in [2.24, 2.45) is 5.92 Å². The lowest BCUT2D eigenvalue weighted by atomic mass is 9.84. The van der Waals surface area contributed by atoms with Crippen molar-refractivity contribution in [2.75, 3.05) is 0 Å². The molecule has 1 fully saturated rings. The van der Waals surface area contributed by atoms with Crippen molar-refractivity contribution in [3.8, 4) is 12.3 Å². The van der Waals surface area contributed by atoms with E-state index in [4.69, 9.17) is 6.42 Å². The summed E-state index contributed by atoms with van der Waals surface area (Å²) in [5.74, 6) is 3.28. The van der Waals surface area contributed by atoms with Crippen molar-refractivity contribution in [2.45, 2.75) is 63.7 Å². The minimum atomic E-state index is -1.06. The SMILES string of the molecule is C#C[C@@H](N[S+]([O-])C(C)(C)C)C1CCCCC1. The summed E-state index contributed by atoms with van der Waals surface area (Å²) in [7, 11) is 0. The first-order chi connectivity index (χ1) is 7.45. The van der Waals surface area contributed by atoms with Gasteiger partial charge in [-0.1, -0.05) is 25.2 Å². The second-order valence-electron chi connectivity index (χ2n) is 5.54. The molecule has 0 spiro atoms. The van der Waals surface area contributed by atoms with Crippen molar-refractivity contribution in [3.05, 3.63) is 0 Å². The van der Waals surface area contributed by atoms with Crippen molar-refractivity contribution >= 4 is 11.4 Å². The van der Waals surface area contributed by atoms with Gasteiger partial charge >= 0.3 is 0 Å². The van der Waals surface area contributed by atoms with Gasteiger partial charge in [-0.2, -0.15) is 0 Å². The van der Waals surface area contributed by atoms with E-state index in [9.17, 15) is 4.55 Å². The van der Waals surface area contributed by atoms with Gasteiger partial charge in [0.15, 0.2) is 0 Å². The van der Waals surface area contributed by atoms with Gasteiger partial charge in [-0.05, 0) is 39.5 Å². The highest BCUT2D eigenvalue weighted by molar-refractivity contribution is 7.90. The molecule has 1 unspecified atom stereocenters. The van der Waals surface area contributed by atoms with Crippen LogP contribution in [0, 0.1) is 18.3 Å². The zero-order valence-electron chi connectivity index (χ0n) is 10.6. The minimum absolute atomic E-state index is 0.0274. The maximum atomic E-state index is 12.0. The number of nitrogens with one attached hydrogen (secondary N) is 1. The van der Waals surface area contributed by atoms with Crippen molar-refractivity contribution in [1.29, 1.82) is 0 Å². The fourth-order valence-electron chi connectivity index (χ4n) is 2.03. The minimum Gasteiger partial charge on any atom is -0.598 e. The molecule has 3 heteroatoms. The number of terminal acetylenes is 1. The first kappa shape index (κ1) is 13.9. The second kappa shape index (κ2) is 5.95. The lowest BCUT2D eigenvalue weighted by molar-refractivity contribution is 0.324. The van der Waals surface area contributed by atoms with E-state index >= 15 is 0 Å². The lowest BCUT2D eigenvalue weighted by Crippen LogP contribution is -2.47. The van der Waals surface area contributed by atoms with Crippen LogP contribution in [0.1, 0.15) is 52.9 Å². The molecule has 0 radical (unpaired) electrons. The monoisotopic (exact) mass is 241 g/mol. The van der Waals surface area contributed by atoms with E-state index in [2.05, 4.69) is 10.6 Å². The molecule has 0 aromatic heterocycles. The van der Waals surface area contributed by atoms with Crippen LogP contribution in [0.3, 0.4) is 0 Å². The van der Waals surface area contributed by atoms with Crippen LogP contribution >= 0.6 is 0 Å². The van der Waals surface area contributed by atoms with Crippen LogP contribution in [0.5, 0.6) is 0 Å². The molecule has 1 saturated carbocycles. The molecule has 2 atom stereocenters. The van der Waals surface area contributed by atoms with E-state index in [0.717, 1.165) is 0 Å². The Morgan fingerprint density at radius 1 is 1.31 bits per heavy atom. The highest BCUT2D eigenvalue weighted by Crippen LogP contribution is 2.27. The first-order valence-electron chi connectivity index (χ1n) is 6.09. The zero-order valence-corrected chi connectivity index (χ0v) is 11.4. The Bertz CT molecular complexity index is 248. The van der Waals surface area contributed by atoms with Crippen LogP contribution in [0.15, 0.2) is 0 Å². The Labute approximate surface area is 103 Å². The van der Waals surface area contributed by atoms with Crippen LogP contribution < -0.4 is 4.72 Å². The maximum absolute atomic E-state index is 12.0. The van der Waals surface area contributed by atoms with E-state index in [1.165, 1.54) is 32.1 Å². The summed E-state index contributed by atoms with van der Waals surface area (Å²) in [6, 6.07) is -0.0274. The van der Waals surface area contributed by atoms with Gasteiger partial charge in [-0.25, -0.2) is 0 Å². The van der Waals surface area contributed by atoms with Crippen LogP contribution in [0.4, 0.5) is 0 Å². The van der Waals surface area contributed by atoms with Crippen LogP contribution in [-0.2, 0) is 11.4 Å². The third-order valence-electron chi connectivity index (χ3n) is 3.09. The van der Waals surface area contributed by atoms with E-state index < -0.39 is 11.4 Å². The van der Waals surface area contributed by atoms with Crippen molar-refractivity contribution in [1.82, 2.24) is 4.72 Å². The highest BCUT2D eigenvalue weighted by Gasteiger charge is 2.32. The standard InChI is InChI=1S/C13H23NOS/c1-5-12(11-9-7-6-8-10-11)14-16(15)13(2,3)4/h1,11-12,14H,6-10H2,2-4H3/t12-,16?/m1/s1. The molecule has 0 bridgehead atoms. The van der Waals surface area contributed by atoms with Crippen molar-refractivity contribution in [3.63, 3.8) is 0 Å². The van der Waals surface area contributed by atoms with Gasteiger partial charge < -0.3 is 4.55 Å². The molecule has 0 heterocycles. The maximum Gasteiger partial charge on any atom is 0.136 e. The quantitative estimate of drug-likeness (QED) is 0.609. The summed E-state index contributed by atoms with van der Waals surface area (Å²) in [4.78, 5) is 0. The molecule has 16 heavy (non-hydrogen) atoms. The normalized spacial score (nSPS) is 22.4. The average Bonchev–Trinajstić information content (AvgIpc) is 2.25. The number of hydrogen-bond donors (Lipinski definition) is 1. The van der Waals surface area contributed by atoms with E-state index in [1.807, 2.05) is 20.8 Å². The topological polar surface area (TPSA) is 35.1 Å². The van der Waals surface area contributed by atoms with E-state index in [-0.39, 0.29) is 10.8 Å². The first-order valence-corrected chi connectivity index (χ1v) is 7.24. The average molecular weight is 241 g/mol. The summed E-state index contributed by atoms with van der Waals surface area (Å²) in [6.07, 6.45) is 11.7. The number of hydrogen-bond acceptors (Lipinski definition) is 2. The predicted molar refractivity (Wildman–Crippen MR) is 70.2 cm³/mol. The van der Waals surface area contributed by atoms with Gasteiger partial charge in [0, 0.05) is 11.4 Å². The van der Waals surface area contributed by atoms with Gasteiger partial charge in [-0.3, -0.25) is 0 Å². The molecule has 1 N–H and O–H groups in total. The van der Waals surface area contributed by atoms with E-state index in [1.54, 1.807) is 0 Å². The largest absolute Gasteiger partial charge is 0.598 e. The van der Waals surface area contributed by atoms with Gasteiger partial charge in [0.05, 0.1) is 0 Å². The molecule has 1 aliphatic carbocycles. The summed E-state index contributed by atoms with van der Waals surface area (Å²) >= 11 is -1.06. The Morgan fingerprint density at radius 2 is 1.88 bits per heavy atom.